The lowest BCUT2D eigenvalue weighted by atomic mass is 9.89. The van der Waals surface area contributed by atoms with Gasteiger partial charge in [-0.1, -0.05) is 13.0 Å². The number of halogens is 2. The minimum Gasteiger partial charge on any atom is -0.477 e. The molecule has 15 nitrogen and oxygen atoms in total. The summed E-state index contributed by atoms with van der Waals surface area (Å²) in [4.78, 5) is 57.4. The largest absolute Gasteiger partial charge is 0.477 e. The van der Waals surface area contributed by atoms with E-state index in [-0.39, 0.29) is 24.3 Å². The number of amides is 3. The molecule has 4 saturated heterocycles. The molecule has 3 amide bonds. The van der Waals surface area contributed by atoms with Crippen molar-refractivity contribution in [2.24, 2.45) is 13.0 Å². The molecule has 17 heteroatoms. The van der Waals surface area contributed by atoms with Crippen molar-refractivity contribution in [2.75, 3.05) is 69.2 Å². The van der Waals surface area contributed by atoms with Gasteiger partial charge in [0.2, 0.25) is 23.6 Å². The monoisotopic (exact) mass is 917 g/mol. The number of nitrogens with one attached hydrogen (secondary N) is 2. The van der Waals surface area contributed by atoms with Crippen molar-refractivity contribution in [3.63, 3.8) is 0 Å². The number of imidazole rings is 1. The second kappa shape index (κ2) is 19.1. The summed E-state index contributed by atoms with van der Waals surface area (Å²) in [6, 6.07) is 13.8. The number of nitrogens with zero attached hydrogens (tertiary/aromatic N) is 9. The van der Waals surface area contributed by atoms with Crippen LogP contribution in [0.4, 0.5) is 20.4 Å². The highest BCUT2D eigenvalue weighted by molar-refractivity contribution is 6.05. The molecule has 0 unspecified atom stereocenters. The van der Waals surface area contributed by atoms with Crippen molar-refractivity contribution in [3.05, 3.63) is 82.7 Å². The lowest BCUT2D eigenvalue weighted by Gasteiger charge is -2.46. The van der Waals surface area contributed by atoms with Crippen LogP contribution in [0.15, 0.2) is 48.7 Å². The summed E-state index contributed by atoms with van der Waals surface area (Å²) in [6.45, 7) is 13.8. The number of fused-ring (bicyclic) bond motifs is 7. The number of carbonyl (C=O) groups is 3. The van der Waals surface area contributed by atoms with Crippen LogP contribution in [0.5, 0.6) is 5.88 Å². The lowest BCUT2D eigenvalue weighted by Crippen LogP contribution is -2.56. The smallest absolute Gasteiger partial charge is 0.258 e. The van der Waals surface area contributed by atoms with Crippen LogP contribution in [0.2, 0.25) is 0 Å². The van der Waals surface area contributed by atoms with Gasteiger partial charge in [0.05, 0.1) is 41.0 Å². The van der Waals surface area contributed by atoms with Crippen molar-refractivity contribution in [2.45, 2.75) is 96.3 Å². The summed E-state index contributed by atoms with van der Waals surface area (Å²) >= 11 is 0. The van der Waals surface area contributed by atoms with Gasteiger partial charge >= 0.3 is 0 Å². The molecule has 354 valence electrons. The Hall–Kier alpha value is -5.78. The average molecular weight is 918 g/mol. The van der Waals surface area contributed by atoms with Gasteiger partial charge < -0.3 is 14.2 Å². The summed E-state index contributed by atoms with van der Waals surface area (Å²) in [7, 11) is 1.86. The number of ether oxygens (including phenoxy) is 1. The zero-order chi connectivity index (χ0) is 46.3. The van der Waals surface area contributed by atoms with Gasteiger partial charge in [-0.2, -0.15) is 5.10 Å². The third-order valence-corrected chi connectivity index (χ3v) is 14.8. The number of carbonyl (C=O) groups excluding carboxylic acids is 3. The third-order valence-electron chi connectivity index (χ3n) is 14.8. The van der Waals surface area contributed by atoms with E-state index >= 15 is 8.78 Å². The number of likely N-dealkylation sites (tertiary alicyclic amines) is 1. The molecule has 2 N–H and O–H groups in total. The predicted molar refractivity (Wildman–Crippen MR) is 251 cm³/mol. The van der Waals surface area contributed by atoms with Gasteiger partial charge in [-0.15, -0.1) is 0 Å². The van der Waals surface area contributed by atoms with E-state index in [1.165, 1.54) is 17.7 Å². The van der Waals surface area contributed by atoms with E-state index in [4.69, 9.17) is 14.7 Å². The number of rotatable bonds is 6. The van der Waals surface area contributed by atoms with E-state index in [1.54, 1.807) is 23.0 Å². The Morgan fingerprint density at radius 2 is 1.51 bits per heavy atom. The molecule has 0 spiro atoms. The minimum absolute atomic E-state index is 0.0694. The van der Waals surface area contributed by atoms with E-state index in [0.29, 0.717) is 73.0 Å². The Balaban J connectivity index is 0.729. The van der Waals surface area contributed by atoms with Gasteiger partial charge in [0.1, 0.15) is 11.6 Å². The molecular formula is C50H61F2N11O4. The van der Waals surface area contributed by atoms with Crippen LogP contribution in [0, 0.1) is 24.5 Å². The first-order valence-electron chi connectivity index (χ1n) is 24.2. The summed E-state index contributed by atoms with van der Waals surface area (Å²) in [6.07, 6.45) is 7.83. The van der Waals surface area contributed by atoms with Crippen molar-refractivity contribution in [1.82, 2.24) is 44.3 Å². The second-order valence-corrected chi connectivity index (χ2v) is 19.4. The highest BCUT2D eigenvalue weighted by Crippen LogP contribution is 2.35. The van der Waals surface area contributed by atoms with Crippen molar-refractivity contribution >= 4 is 40.4 Å². The SMILES string of the molecule is Cc1cc2cc(n1)-c1cnn(C)c1OCCC[C@@H](C)Cn1c(nc3ccc(CN4CCC(N5CCN(C6CCN(c7cc(F)c([C@H]8CCC(=O)NC8=O)c(F)c7)CC6)CC5)CC4)cc31)NC2=O. The van der Waals surface area contributed by atoms with E-state index in [9.17, 15) is 14.4 Å². The van der Waals surface area contributed by atoms with Gasteiger partial charge in [-0.3, -0.25) is 44.7 Å². The molecule has 4 fully saturated rings. The van der Waals surface area contributed by atoms with Gasteiger partial charge in [0.15, 0.2) is 0 Å². The molecule has 5 aromatic rings. The molecule has 0 radical (unpaired) electrons. The molecule has 5 aliphatic heterocycles. The van der Waals surface area contributed by atoms with Crippen LogP contribution < -0.4 is 20.3 Å². The maximum atomic E-state index is 15.3. The normalized spacial score (nSPS) is 22.4. The van der Waals surface area contributed by atoms with E-state index in [2.05, 4.69) is 60.1 Å². The number of aryl methyl sites for hydroxylation is 2. The first-order chi connectivity index (χ1) is 32.4. The second-order valence-electron chi connectivity index (χ2n) is 19.4. The lowest BCUT2D eigenvalue weighted by molar-refractivity contribution is -0.134. The number of anilines is 2. The highest BCUT2D eigenvalue weighted by Gasteiger charge is 2.35. The van der Waals surface area contributed by atoms with Crippen LogP contribution >= 0.6 is 0 Å². The summed E-state index contributed by atoms with van der Waals surface area (Å²) < 4.78 is 40.7. The molecule has 10 rings (SSSR count). The standard InChI is InChI=1S/C50H61F2N11O4/c1-31-5-4-22-67-49-39(28-53-58(49)3)43-25-34(23-32(2)54-43)47(65)57-50-55-42-8-6-33(24-44(42)63(50)29-31)30-59-14-10-35(11-15-59)61-18-20-62(21-19-61)36-12-16-60(17-13-36)37-26-40(51)46(41(52)27-37)38-7-9-45(64)56-48(38)66/h6,8,23-28,31,35-36,38H,4-5,7,9-22,29-30H2,1-3H3,(H,55,57,65)(H,56,64,66)/t31-,38-/m1/s1. The first-order valence-corrected chi connectivity index (χ1v) is 24.2. The molecule has 2 bridgehead atoms. The Morgan fingerprint density at radius 1 is 0.806 bits per heavy atom. The van der Waals surface area contributed by atoms with Crippen LogP contribution in [0.1, 0.15) is 91.4 Å². The summed E-state index contributed by atoms with van der Waals surface area (Å²) in [5.41, 5.74) is 5.98. The van der Waals surface area contributed by atoms with Gasteiger partial charge in [0.25, 0.3) is 5.91 Å². The Kier molecular flexibility index (Phi) is 12.8. The Bertz CT molecular complexity index is 2640. The van der Waals surface area contributed by atoms with Crippen molar-refractivity contribution in [3.8, 4) is 17.1 Å². The molecule has 2 aromatic carbocycles. The molecule has 67 heavy (non-hydrogen) atoms. The van der Waals surface area contributed by atoms with E-state index in [0.717, 1.165) is 107 Å². The molecule has 3 aromatic heterocycles. The van der Waals surface area contributed by atoms with Gasteiger partial charge in [-0.05, 0) is 113 Å². The van der Waals surface area contributed by atoms with Crippen LogP contribution in [-0.4, -0.2) is 128 Å². The van der Waals surface area contributed by atoms with Crippen molar-refractivity contribution < 1.29 is 27.9 Å². The van der Waals surface area contributed by atoms with Crippen LogP contribution in [0.25, 0.3) is 22.3 Å². The minimum atomic E-state index is -0.995. The zero-order valence-corrected chi connectivity index (χ0v) is 38.8. The van der Waals surface area contributed by atoms with Gasteiger partial charge in [-0.25, -0.2) is 18.4 Å². The summed E-state index contributed by atoms with van der Waals surface area (Å²) in [5.74, 6) is -2.25. The highest BCUT2D eigenvalue weighted by atomic mass is 19.1. The average Bonchev–Trinajstić information content (AvgIpc) is 3.85. The van der Waals surface area contributed by atoms with E-state index in [1.807, 2.05) is 18.9 Å². The number of hydrogen-bond donors (Lipinski definition) is 2. The van der Waals surface area contributed by atoms with E-state index < -0.39 is 29.4 Å². The zero-order valence-electron chi connectivity index (χ0n) is 38.8. The fourth-order valence-electron chi connectivity index (χ4n) is 11.1. The fourth-order valence-corrected chi connectivity index (χ4v) is 11.1. The molecule has 2 atom stereocenters. The molecule has 0 saturated carbocycles. The molecule has 5 aliphatic rings. The number of imide groups is 1. The van der Waals surface area contributed by atoms with Crippen LogP contribution in [0.3, 0.4) is 0 Å². The predicted octanol–water partition coefficient (Wildman–Crippen LogP) is 6.25. The van der Waals surface area contributed by atoms with Gasteiger partial charge in [0, 0.05) is 100 Å². The quantitative estimate of drug-likeness (QED) is 0.187. The Labute approximate surface area is 389 Å². The van der Waals surface area contributed by atoms with Crippen LogP contribution in [-0.2, 0) is 29.7 Å². The fraction of sp³-hybridized carbons (Fsp3) is 0.520. The Morgan fingerprint density at radius 3 is 2.21 bits per heavy atom. The summed E-state index contributed by atoms with van der Waals surface area (Å²) in [5, 5.41) is 9.79. The molecule has 8 heterocycles. The number of piperazine rings is 1. The van der Waals surface area contributed by atoms with Crippen molar-refractivity contribution in [1.29, 1.82) is 0 Å². The maximum Gasteiger partial charge on any atom is 0.258 e. The number of aromatic nitrogens is 5. The number of benzene rings is 2. The third kappa shape index (κ3) is 9.55. The maximum absolute atomic E-state index is 15.3. The first kappa shape index (κ1) is 45.0. The number of hydrogen-bond acceptors (Lipinski definition) is 11. The topological polar surface area (TPSA) is 146 Å². The number of piperidine rings is 3. The molecule has 0 aliphatic carbocycles. The number of pyridine rings is 1. The molecular weight excluding hydrogens is 857 g/mol.